The maximum Gasteiger partial charge on any atom is 0.295 e. The van der Waals surface area contributed by atoms with Crippen LogP contribution in [0, 0.1) is 5.82 Å². The van der Waals surface area contributed by atoms with E-state index in [4.69, 9.17) is 4.74 Å². The Morgan fingerprint density at radius 3 is 2.41 bits per heavy atom. The molecule has 3 rings (SSSR count). The number of hydrogen-bond donors (Lipinski definition) is 1. The Morgan fingerprint density at radius 2 is 1.82 bits per heavy atom. The molecule has 1 amide bonds. The largest absolute Gasteiger partial charge is 0.507 e. The SMILES string of the molecule is COc1ccc(C(C)(C)C)cc1/C(O)=C1\C(=O)C(=O)N(CCCN(C)C)C1c1ccccc1F. The van der Waals surface area contributed by atoms with Crippen LogP contribution in [0.3, 0.4) is 0 Å². The molecule has 2 aromatic rings. The molecule has 7 heteroatoms. The molecule has 0 bridgehead atoms. The summed E-state index contributed by atoms with van der Waals surface area (Å²) in [6.07, 6.45) is 0.591. The summed E-state index contributed by atoms with van der Waals surface area (Å²) in [5.41, 5.74) is 1.01. The minimum absolute atomic E-state index is 0.135. The molecule has 2 aromatic carbocycles. The zero-order valence-electron chi connectivity index (χ0n) is 20.7. The third-order valence-electron chi connectivity index (χ3n) is 6.06. The molecule has 1 fully saturated rings. The smallest absolute Gasteiger partial charge is 0.295 e. The number of aliphatic hydroxyl groups excluding tert-OH is 1. The molecule has 1 unspecified atom stereocenters. The van der Waals surface area contributed by atoms with Crippen molar-refractivity contribution in [2.75, 3.05) is 34.3 Å². The predicted molar refractivity (Wildman–Crippen MR) is 130 cm³/mol. The number of nitrogens with zero attached hydrogens (tertiary/aromatic N) is 2. The lowest BCUT2D eigenvalue weighted by Gasteiger charge is -2.26. The summed E-state index contributed by atoms with van der Waals surface area (Å²) in [5, 5.41) is 11.4. The monoisotopic (exact) mass is 468 g/mol. The van der Waals surface area contributed by atoms with Crippen LogP contribution in [-0.2, 0) is 15.0 Å². The number of carbonyl (C=O) groups excluding carboxylic acids is 2. The van der Waals surface area contributed by atoms with Crippen LogP contribution in [-0.4, -0.2) is 60.9 Å². The van der Waals surface area contributed by atoms with Crippen LogP contribution < -0.4 is 4.74 Å². The van der Waals surface area contributed by atoms with Gasteiger partial charge in [-0.3, -0.25) is 9.59 Å². The minimum Gasteiger partial charge on any atom is -0.507 e. The Balaban J connectivity index is 2.22. The number of likely N-dealkylation sites (tertiary alicyclic amines) is 1. The molecular formula is C27H33FN2O4. The highest BCUT2D eigenvalue weighted by Crippen LogP contribution is 2.42. The third-order valence-corrected chi connectivity index (χ3v) is 6.06. The van der Waals surface area contributed by atoms with Crippen LogP contribution in [0.4, 0.5) is 4.39 Å². The number of amides is 1. The summed E-state index contributed by atoms with van der Waals surface area (Å²) in [6, 6.07) is 10.4. The molecule has 34 heavy (non-hydrogen) atoms. The fourth-order valence-electron chi connectivity index (χ4n) is 4.19. The second kappa shape index (κ2) is 9.97. The topological polar surface area (TPSA) is 70.1 Å². The Hall–Kier alpha value is -3.19. The van der Waals surface area contributed by atoms with Gasteiger partial charge in [0.1, 0.15) is 17.3 Å². The van der Waals surface area contributed by atoms with Gasteiger partial charge in [-0.2, -0.15) is 0 Å². The van der Waals surface area contributed by atoms with Crippen LogP contribution in [0.15, 0.2) is 48.0 Å². The first-order valence-corrected chi connectivity index (χ1v) is 11.3. The molecule has 1 aliphatic rings. The summed E-state index contributed by atoms with van der Waals surface area (Å²) in [7, 11) is 5.30. The van der Waals surface area contributed by atoms with Crippen molar-refractivity contribution < 1.29 is 23.8 Å². The van der Waals surface area contributed by atoms with E-state index in [0.29, 0.717) is 24.3 Å². The zero-order chi connectivity index (χ0) is 25.2. The molecule has 1 saturated heterocycles. The van der Waals surface area contributed by atoms with E-state index >= 15 is 0 Å². The maximum absolute atomic E-state index is 14.9. The van der Waals surface area contributed by atoms with E-state index in [1.807, 2.05) is 45.8 Å². The van der Waals surface area contributed by atoms with Gasteiger partial charge in [-0.1, -0.05) is 45.0 Å². The van der Waals surface area contributed by atoms with E-state index in [1.54, 1.807) is 30.3 Å². The Kier molecular flexibility index (Phi) is 7.46. The van der Waals surface area contributed by atoms with E-state index in [2.05, 4.69) is 0 Å². The molecule has 1 N–H and O–H groups in total. The highest BCUT2D eigenvalue weighted by atomic mass is 19.1. The molecular weight excluding hydrogens is 435 g/mol. The van der Waals surface area contributed by atoms with Crippen molar-refractivity contribution in [1.29, 1.82) is 0 Å². The van der Waals surface area contributed by atoms with Gasteiger partial charge in [0.2, 0.25) is 0 Å². The lowest BCUT2D eigenvalue weighted by molar-refractivity contribution is -0.140. The molecule has 182 valence electrons. The van der Waals surface area contributed by atoms with Gasteiger partial charge in [-0.15, -0.1) is 0 Å². The standard InChI is InChI=1S/C27H33FN2O4/c1-27(2,3)17-12-13-21(34-6)19(16-17)24(31)22-23(18-10-7-8-11-20(18)28)30(26(33)25(22)32)15-9-14-29(4)5/h7-8,10-13,16,23,31H,9,14-15H2,1-6H3/b24-22+. The number of carbonyl (C=O) groups is 2. The number of aliphatic hydroxyl groups is 1. The van der Waals surface area contributed by atoms with Crippen molar-refractivity contribution in [3.05, 3.63) is 70.5 Å². The van der Waals surface area contributed by atoms with Gasteiger partial charge in [0.15, 0.2) is 0 Å². The zero-order valence-corrected chi connectivity index (χ0v) is 20.7. The number of ether oxygens (including phenoxy) is 1. The first-order chi connectivity index (χ1) is 16.0. The van der Waals surface area contributed by atoms with Gasteiger partial charge in [0, 0.05) is 12.1 Å². The molecule has 0 aliphatic carbocycles. The van der Waals surface area contributed by atoms with Crippen LogP contribution >= 0.6 is 0 Å². The van der Waals surface area contributed by atoms with E-state index in [0.717, 1.165) is 5.56 Å². The quantitative estimate of drug-likeness (QED) is 0.368. The van der Waals surface area contributed by atoms with Gasteiger partial charge >= 0.3 is 0 Å². The van der Waals surface area contributed by atoms with Gasteiger partial charge < -0.3 is 19.6 Å². The summed E-state index contributed by atoms with van der Waals surface area (Å²) in [5.74, 6) is -2.15. The number of hydrogen-bond acceptors (Lipinski definition) is 5. The predicted octanol–water partition coefficient (Wildman–Crippen LogP) is 4.51. The van der Waals surface area contributed by atoms with Crippen molar-refractivity contribution >= 4 is 17.4 Å². The molecule has 1 aliphatic heterocycles. The van der Waals surface area contributed by atoms with Crippen molar-refractivity contribution in [1.82, 2.24) is 9.80 Å². The number of halogens is 1. The average molecular weight is 469 g/mol. The van der Waals surface area contributed by atoms with Crippen LogP contribution in [0.2, 0.25) is 0 Å². The van der Waals surface area contributed by atoms with E-state index in [9.17, 15) is 19.1 Å². The fraction of sp³-hybridized carbons (Fsp3) is 0.407. The third kappa shape index (κ3) is 4.99. The minimum atomic E-state index is -1.04. The summed E-state index contributed by atoms with van der Waals surface area (Å²) in [4.78, 5) is 29.6. The molecule has 1 atom stereocenters. The number of benzene rings is 2. The maximum atomic E-state index is 14.9. The number of Topliss-reactive ketones (excluding diaryl/α,β-unsaturated/α-hetero) is 1. The van der Waals surface area contributed by atoms with Crippen LogP contribution in [0.1, 0.15) is 49.9 Å². The summed E-state index contributed by atoms with van der Waals surface area (Å²) < 4.78 is 20.4. The first-order valence-electron chi connectivity index (χ1n) is 11.3. The Labute approximate surface area is 200 Å². The lowest BCUT2D eigenvalue weighted by atomic mass is 9.85. The van der Waals surface area contributed by atoms with E-state index < -0.39 is 23.5 Å². The molecule has 0 aromatic heterocycles. The van der Waals surface area contributed by atoms with Crippen molar-refractivity contribution in [2.24, 2.45) is 0 Å². The summed E-state index contributed by atoms with van der Waals surface area (Å²) >= 11 is 0. The van der Waals surface area contributed by atoms with Gasteiger partial charge in [0.05, 0.1) is 24.3 Å². The first kappa shape index (κ1) is 25.4. The second-order valence-electron chi connectivity index (χ2n) is 9.84. The van der Waals surface area contributed by atoms with Crippen molar-refractivity contribution in [3.8, 4) is 5.75 Å². The molecule has 0 spiro atoms. The molecule has 0 radical (unpaired) electrons. The normalized spacial score (nSPS) is 18.1. The highest BCUT2D eigenvalue weighted by molar-refractivity contribution is 6.46. The number of methoxy groups -OCH3 is 1. The van der Waals surface area contributed by atoms with Crippen molar-refractivity contribution in [3.63, 3.8) is 0 Å². The molecule has 6 nitrogen and oxygen atoms in total. The second-order valence-corrected chi connectivity index (χ2v) is 9.84. The van der Waals surface area contributed by atoms with Gasteiger partial charge in [0.25, 0.3) is 11.7 Å². The summed E-state index contributed by atoms with van der Waals surface area (Å²) in [6.45, 7) is 7.02. The highest BCUT2D eigenvalue weighted by Gasteiger charge is 2.47. The van der Waals surface area contributed by atoms with Crippen LogP contribution in [0.5, 0.6) is 5.75 Å². The number of rotatable bonds is 7. The average Bonchev–Trinajstić information content (AvgIpc) is 3.02. The molecule has 1 heterocycles. The lowest BCUT2D eigenvalue weighted by Crippen LogP contribution is -2.32. The van der Waals surface area contributed by atoms with Crippen molar-refractivity contribution in [2.45, 2.75) is 38.6 Å². The Bertz CT molecular complexity index is 1120. The number of ketones is 1. The van der Waals surface area contributed by atoms with E-state index in [1.165, 1.54) is 18.1 Å². The fourth-order valence-corrected chi connectivity index (χ4v) is 4.19. The van der Waals surface area contributed by atoms with E-state index in [-0.39, 0.29) is 28.9 Å². The van der Waals surface area contributed by atoms with Gasteiger partial charge in [-0.05, 0) is 56.2 Å². The van der Waals surface area contributed by atoms with Crippen LogP contribution in [0.25, 0.3) is 5.76 Å². The van der Waals surface area contributed by atoms with Gasteiger partial charge in [-0.25, -0.2) is 4.39 Å². The Morgan fingerprint density at radius 1 is 1.15 bits per heavy atom. The molecule has 0 saturated carbocycles.